The van der Waals surface area contributed by atoms with Crippen molar-refractivity contribution in [3.05, 3.63) is 35.4 Å². The molecule has 0 atom stereocenters. The first-order chi connectivity index (χ1) is 11.5. The molecule has 2 aliphatic carbocycles. The summed E-state index contributed by atoms with van der Waals surface area (Å²) in [6.45, 7) is 0.735. The van der Waals surface area contributed by atoms with Gasteiger partial charge in [0.05, 0.1) is 6.54 Å². The van der Waals surface area contributed by atoms with Crippen LogP contribution in [0.4, 0.5) is 4.79 Å². The molecule has 3 rings (SSSR count). The van der Waals surface area contributed by atoms with E-state index in [9.17, 15) is 14.4 Å². The molecule has 0 radical (unpaired) electrons. The number of benzene rings is 1. The van der Waals surface area contributed by atoms with Crippen LogP contribution >= 0.6 is 0 Å². The Bertz CT molecular complexity index is 636. The minimum atomic E-state index is -0.832. The molecule has 0 heterocycles. The Kier molecular flexibility index (Phi) is 4.80. The van der Waals surface area contributed by atoms with E-state index in [-0.39, 0.29) is 12.5 Å². The van der Waals surface area contributed by atoms with Crippen LogP contribution in [0, 0.1) is 0 Å². The van der Waals surface area contributed by atoms with E-state index in [4.69, 9.17) is 5.73 Å². The van der Waals surface area contributed by atoms with Crippen molar-refractivity contribution in [3.63, 3.8) is 0 Å². The number of rotatable bonds is 7. The lowest BCUT2D eigenvalue weighted by atomic mass is 10.1. The summed E-state index contributed by atoms with van der Waals surface area (Å²) in [7, 11) is 0. The molecule has 0 aliphatic heterocycles. The van der Waals surface area contributed by atoms with E-state index in [1.54, 1.807) is 0 Å². The Hall–Kier alpha value is -2.41. The predicted molar refractivity (Wildman–Crippen MR) is 88.1 cm³/mol. The average Bonchev–Trinajstić information content (AvgIpc) is 3.40. The van der Waals surface area contributed by atoms with Gasteiger partial charge in [-0.1, -0.05) is 12.1 Å². The van der Waals surface area contributed by atoms with Crippen molar-refractivity contribution in [2.24, 2.45) is 5.73 Å². The SMILES string of the molecule is NC(=O)NC(=O)CN(Cc1ccc(C(=O)NC2CC2)cc1)C1CC1. The van der Waals surface area contributed by atoms with E-state index in [2.05, 4.69) is 10.6 Å². The summed E-state index contributed by atoms with van der Waals surface area (Å²) in [5.41, 5.74) is 6.64. The van der Waals surface area contributed by atoms with Crippen molar-refractivity contribution in [1.29, 1.82) is 0 Å². The molecule has 128 valence electrons. The summed E-state index contributed by atoms with van der Waals surface area (Å²) in [6, 6.07) is 7.30. The van der Waals surface area contributed by atoms with Crippen molar-refractivity contribution in [3.8, 4) is 0 Å². The van der Waals surface area contributed by atoms with E-state index in [0.717, 1.165) is 31.2 Å². The van der Waals surface area contributed by atoms with E-state index >= 15 is 0 Å². The van der Waals surface area contributed by atoms with Gasteiger partial charge in [0.25, 0.3) is 5.91 Å². The average molecular weight is 330 g/mol. The Morgan fingerprint density at radius 3 is 2.29 bits per heavy atom. The van der Waals surface area contributed by atoms with Crippen LogP contribution in [0.15, 0.2) is 24.3 Å². The van der Waals surface area contributed by atoms with Gasteiger partial charge >= 0.3 is 6.03 Å². The maximum absolute atomic E-state index is 12.0. The summed E-state index contributed by atoms with van der Waals surface area (Å²) < 4.78 is 0. The smallest absolute Gasteiger partial charge is 0.318 e. The van der Waals surface area contributed by atoms with Crippen molar-refractivity contribution < 1.29 is 14.4 Å². The molecule has 0 spiro atoms. The second-order valence-corrected chi connectivity index (χ2v) is 6.49. The second-order valence-electron chi connectivity index (χ2n) is 6.49. The minimum Gasteiger partial charge on any atom is -0.351 e. The molecular weight excluding hydrogens is 308 g/mol. The van der Waals surface area contributed by atoms with Gasteiger partial charge in [-0.25, -0.2) is 4.79 Å². The fraction of sp³-hybridized carbons (Fsp3) is 0.471. The third kappa shape index (κ3) is 4.79. The zero-order valence-electron chi connectivity index (χ0n) is 13.5. The van der Waals surface area contributed by atoms with Gasteiger partial charge in [0, 0.05) is 24.2 Å². The summed E-state index contributed by atoms with van der Waals surface area (Å²) >= 11 is 0. The highest BCUT2D eigenvalue weighted by atomic mass is 16.2. The van der Waals surface area contributed by atoms with Crippen molar-refractivity contribution in [2.75, 3.05) is 6.54 Å². The Morgan fingerprint density at radius 1 is 1.08 bits per heavy atom. The minimum absolute atomic E-state index is 0.0380. The third-order valence-corrected chi connectivity index (χ3v) is 4.19. The maximum Gasteiger partial charge on any atom is 0.318 e. The number of amides is 4. The molecule has 4 N–H and O–H groups in total. The Labute approximate surface area is 140 Å². The molecule has 2 aliphatic rings. The largest absolute Gasteiger partial charge is 0.351 e. The molecule has 7 nitrogen and oxygen atoms in total. The van der Waals surface area contributed by atoms with Crippen LogP contribution in [-0.2, 0) is 11.3 Å². The van der Waals surface area contributed by atoms with Crippen LogP contribution in [0.1, 0.15) is 41.6 Å². The van der Waals surface area contributed by atoms with Crippen molar-refractivity contribution in [2.45, 2.75) is 44.3 Å². The molecule has 24 heavy (non-hydrogen) atoms. The summed E-state index contributed by atoms with van der Waals surface area (Å²) in [5.74, 6) is -0.432. The van der Waals surface area contributed by atoms with Crippen LogP contribution in [0.25, 0.3) is 0 Å². The maximum atomic E-state index is 12.0. The molecule has 0 unspecified atom stereocenters. The molecule has 2 saturated carbocycles. The van der Waals surface area contributed by atoms with Crippen LogP contribution < -0.4 is 16.4 Å². The van der Waals surface area contributed by atoms with Crippen LogP contribution in [-0.4, -0.2) is 41.4 Å². The van der Waals surface area contributed by atoms with E-state index in [1.165, 1.54) is 0 Å². The number of primary amides is 1. The van der Waals surface area contributed by atoms with Gasteiger partial charge in [-0.3, -0.25) is 19.8 Å². The number of hydrogen-bond acceptors (Lipinski definition) is 4. The monoisotopic (exact) mass is 330 g/mol. The van der Waals surface area contributed by atoms with Crippen molar-refractivity contribution >= 4 is 17.8 Å². The first kappa shape index (κ1) is 16.4. The highest BCUT2D eigenvalue weighted by Gasteiger charge is 2.30. The fourth-order valence-corrected chi connectivity index (χ4v) is 2.61. The lowest BCUT2D eigenvalue weighted by molar-refractivity contribution is -0.121. The highest BCUT2D eigenvalue weighted by molar-refractivity contribution is 5.95. The summed E-state index contributed by atoms with van der Waals surface area (Å²) in [4.78, 5) is 36.5. The highest BCUT2D eigenvalue weighted by Crippen LogP contribution is 2.28. The van der Waals surface area contributed by atoms with Crippen LogP contribution in [0.5, 0.6) is 0 Å². The van der Waals surface area contributed by atoms with Gasteiger partial charge < -0.3 is 11.1 Å². The number of nitrogens with one attached hydrogen (secondary N) is 2. The number of carbonyl (C=O) groups excluding carboxylic acids is 3. The predicted octanol–water partition coefficient (Wildman–Crippen LogP) is 0.738. The number of nitrogens with two attached hydrogens (primary N) is 1. The first-order valence-corrected chi connectivity index (χ1v) is 8.24. The first-order valence-electron chi connectivity index (χ1n) is 8.24. The van der Waals surface area contributed by atoms with Gasteiger partial charge in [-0.2, -0.15) is 0 Å². The molecule has 2 fully saturated rings. The van der Waals surface area contributed by atoms with E-state index < -0.39 is 11.9 Å². The van der Waals surface area contributed by atoms with Crippen molar-refractivity contribution in [1.82, 2.24) is 15.5 Å². The normalized spacial score (nSPS) is 16.7. The quantitative estimate of drug-likeness (QED) is 0.686. The number of carbonyl (C=O) groups is 3. The topological polar surface area (TPSA) is 105 Å². The molecule has 0 aromatic heterocycles. The van der Waals surface area contributed by atoms with Gasteiger partial charge in [0.15, 0.2) is 0 Å². The molecular formula is C17H22N4O3. The second kappa shape index (κ2) is 7.00. The molecule has 0 saturated heterocycles. The number of imide groups is 1. The van der Waals surface area contributed by atoms with Gasteiger partial charge in [-0.05, 0) is 43.4 Å². The Balaban J connectivity index is 1.57. The molecule has 0 bridgehead atoms. The molecule has 1 aromatic rings. The zero-order chi connectivity index (χ0) is 17.1. The number of hydrogen-bond donors (Lipinski definition) is 3. The molecule has 1 aromatic carbocycles. The third-order valence-electron chi connectivity index (χ3n) is 4.19. The zero-order valence-corrected chi connectivity index (χ0v) is 13.5. The molecule has 7 heteroatoms. The number of urea groups is 1. The lowest BCUT2D eigenvalue weighted by Crippen LogP contribution is -2.42. The van der Waals surface area contributed by atoms with Gasteiger partial charge in [0.2, 0.25) is 5.91 Å². The van der Waals surface area contributed by atoms with E-state index in [0.29, 0.717) is 24.2 Å². The van der Waals surface area contributed by atoms with Gasteiger partial charge in [0.1, 0.15) is 0 Å². The number of nitrogens with zero attached hydrogens (tertiary/aromatic N) is 1. The fourth-order valence-electron chi connectivity index (χ4n) is 2.61. The van der Waals surface area contributed by atoms with Gasteiger partial charge in [-0.15, -0.1) is 0 Å². The van der Waals surface area contributed by atoms with Crippen LogP contribution in [0.2, 0.25) is 0 Å². The summed E-state index contributed by atoms with van der Waals surface area (Å²) in [6.07, 6.45) is 4.22. The molecule has 4 amide bonds. The Morgan fingerprint density at radius 2 is 1.75 bits per heavy atom. The van der Waals surface area contributed by atoms with E-state index in [1.807, 2.05) is 29.2 Å². The van der Waals surface area contributed by atoms with Crippen LogP contribution in [0.3, 0.4) is 0 Å². The standard InChI is InChI=1S/C17H22N4O3/c18-17(24)20-15(22)10-21(14-7-8-14)9-11-1-3-12(4-2-11)16(23)19-13-5-6-13/h1-4,13-14H,5-10H2,(H,19,23)(H3,18,20,22,24). The lowest BCUT2D eigenvalue weighted by Gasteiger charge is -2.21. The summed E-state index contributed by atoms with van der Waals surface area (Å²) in [5, 5.41) is 5.05.